The van der Waals surface area contributed by atoms with E-state index in [-0.39, 0.29) is 5.91 Å². The maximum atomic E-state index is 12.5. The fourth-order valence-corrected chi connectivity index (χ4v) is 2.68. The summed E-state index contributed by atoms with van der Waals surface area (Å²) >= 11 is 6.15. The SMILES string of the molecule is COC(=O)c1cccc(NC(=O)C(C)Oc2cc(C)c(Cl)c(C)c2)c1C. The fraction of sp³-hybridized carbons (Fsp3) is 0.300. The van der Waals surface area contributed by atoms with Crippen molar-refractivity contribution >= 4 is 29.2 Å². The number of hydrogen-bond acceptors (Lipinski definition) is 4. The molecule has 0 heterocycles. The third-order valence-corrected chi connectivity index (χ3v) is 4.69. The summed E-state index contributed by atoms with van der Waals surface area (Å²) < 4.78 is 10.5. The zero-order valence-electron chi connectivity index (χ0n) is 15.5. The highest BCUT2D eigenvalue weighted by molar-refractivity contribution is 6.32. The number of esters is 1. The summed E-state index contributed by atoms with van der Waals surface area (Å²) in [6, 6.07) is 8.65. The lowest BCUT2D eigenvalue weighted by molar-refractivity contribution is -0.122. The van der Waals surface area contributed by atoms with Crippen LogP contribution < -0.4 is 10.1 Å². The minimum Gasteiger partial charge on any atom is -0.481 e. The lowest BCUT2D eigenvalue weighted by Gasteiger charge is -2.17. The van der Waals surface area contributed by atoms with Gasteiger partial charge in [-0.1, -0.05) is 17.7 Å². The van der Waals surface area contributed by atoms with E-state index in [1.54, 1.807) is 44.2 Å². The van der Waals surface area contributed by atoms with Crippen LogP contribution in [0.4, 0.5) is 5.69 Å². The number of anilines is 1. The predicted octanol–water partition coefficient (Wildman–Crippen LogP) is 4.46. The minimum absolute atomic E-state index is 0.319. The highest BCUT2D eigenvalue weighted by Gasteiger charge is 2.18. The zero-order valence-corrected chi connectivity index (χ0v) is 16.2. The monoisotopic (exact) mass is 375 g/mol. The molecule has 138 valence electrons. The minimum atomic E-state index is -0.726. The molecule has 0 fully saturated rings. The second-order valence-corrected chi connectivity index (χ2v) is 6.47. The van der Waals surface area contributed by atoms with Crippen LogP contribution in [-0.4, -0.2) is 25.1 Å². The van der Waals surface area contributed by atoms with Gasteiger partial charge in [-0.3, -0.25) is 4.79 Å². The molecule has 0 aliphatic carbocycles. The van der Waals surface area contributed by atoms with Crippen LogP contribution >= 0.6 is 11.6 Å². The Morgan fingerprint density at radius 2 is 1.73 bits per heavy atom. The smallest absolute Gasteiger partial charge is 0.338 e. The second-order valence-electron chi connectivity index (χ2n) is 6.09. The number of ether oxygens (including phenoxy) is 2. The molecule has 5 nitrogen and oxygen atoms in total. The van der Waals surface area contributed by atoms with Gasteiger partial charge in [-0.2, -0.15) is 0 Å². The molecular weight excluding hydrogens is 354 g/mol. The van der Waals surface area contributed by atoms with Crippen molar-refractivity contribution < 1.29 is 19.1 Å². The largest absolute Gasteiger partial charge is 0.481 e. The fourth-order valence-electron chi connectivity index (χ4n) is 2.57. The van der Waals surface area contributed by atoms with Crippen molar-refractivity contribution in [2.45, 2.75) is 33.8 Å². The van der Waals surface area contributed by atoms with E-state index in [4.69, 9.17) is 21.1 Å². The Bertz CT molecular complexity index is 825. The molecule has 0 aliphatic heterocycles. The topological polar surface area (TPSA) is 64.6 Å². The van der Waals surface area contributed by atoms with E-state index in [1.165, 1.54) is 7.11 Å². The van der Waals surface area contributed by atoms with Gasteiger partial charge < -0.3 is 14.8 Å². The molecule has 0 spiro atoms. The Balaban J connectivity index is 2.14. The summed E-state index contributed by atoms with van der Waals surface area (Å²) in [7, 11) is 1.32. The molecular formula is C20H22ClNO4. The molecule has 1 unspecified atom stereocenters. The third-order valence-electron chi connectivity index (χ3n) is 4.09. The Kier molecular flexibility index (Phi) is 6.27. The Morgan fingerprint density at radius 1 is 1.12 bits per heavy atom. The molecule has 2 aromatic rings. The van der Waals surface area contributed by atoms with Gasteiger partial charge in [0.2, 0.25) is 0 Å². The van der Waals surface area contributed by atoms with Gasteiger partial charge in [0.1, 0.15) is 5.75 Å². The number of amides is 1. The van der Waals surface area contributed by atoms with Crippen LogP contribution in [0.1, 0.15) is 34.0 Å². The Morgan fingerprint density at radius 3 is 2.31 bits per heavy atom. The lowest BCUT2D eigenvalue weighted by atomic mass is 10.1. The van der Waals surface area contributed by atoms with Crippen molar-refractivity contribution in [1.29, 1.82) is 0 Å². The van der Waals surface area contributed by atoms with E-state index < -0.39 is 12.1 Å². The number of carbonyl (C=O) groups excluding carboxylic acids is 2. The van der Waals surface area contributed by atoms with Crippen LogP contribution in [0.5, 0.6) is 5.75 Å². The number of halogens is 1. The van der Waals surface area contributed by atoms with Gasteiger partial charge in [0.05, 0.1) is 12.7 Å². The second kappa shape index (κ2) is 8.23. The molecule has 0 aromatic heterocycles. The number of aryl methyl sites for hydroxylation is 2. The van der Waals surface area contributed by atoms with Crippen LogP contribution in [0.2, 0.25) is 5.02 Å². The molecule has 1 amide bonds. The highest BCUT2D eigenvalue weighted by atomic mass is 35.5. The summed E-state index contributed by atoms with van der Waals surface area (Å²) in [5.41, 5.74) is 3.35. The van der Waals surface area contributed by atoms with Crippen molar-refractivity contribution in [3.05, 3.63) is 57.6 Å². The first-order valence-corrected chi connectivity index (χ1v) is 8.54. The first kappa shape index (κ1) is 19.8. The van der Waals surface area contributed by atoms with E-state index in [0.717, 1.165) is 11.1 Å². The first-order valence-electron chi connectivity index (χ1n) is 8.16. The summed E-state index contributed by atoms with van der Waals surface area (Å²) in [6.07, 6.45) is -0.726. The van der Waals surface area contributed by atoms with E-state index in [0.29, 0.717) is 27.6 Å². The zero-order chi connectivity index (χ0) is 19.4. The molecule has 26 heavy (non-hydrogen) atoms. The van der Waals surface area contributed by atoms with Crippen molar-refractivity contribution in [3.63, 3.8) is 0 Å². The standard InChI is InChI=1S/C20H22ClNO4/c1-11-9-15(10-12(2)18(11)21)26-14(4)19(23)22-17-8-6-7-16(13(17)3)20(24)25-5/h6-10,14H,1-5H3,(H,22,23). The van der Waals surface area contributed by atoms with E-state index >= 15 is 0 Å². The molecule has 0 saturated heterocycles. The quantitative estimate of drug-likeness (QED) is 0.784. The number of methoxy groups -OCH3 is 1. The molecule has 1 N–H and O–H groups in total. The van der Waals surface area contributed by atoms with E-state index in [2.05, 4.69) is 5.32 Å². The van der Waals surface area contributed by atoms with Gasteiger partial charge in [0.25, 0.3) is 5.91 Å². The van der Waals surface area contributed by atoms with Crippen LogP contribution in [0.15, 0.2) is 30.3 Å². The molecule has 6 heteroatoms. The number of nitrogens with one attached hydrogen (secondary N) is 1. The molecule has 0 aliphatic rings. The number of hydrogen-bond donors (Lipinski definition) is 1. The summed E-state index contributed by atoms with van der Waals surface area (Å²) in [5.74, 6) is -0.192. The van der Waals surface area contributed by atoms with Crippen molar-refractivity contribution in [2.75, 3.05) is 12.4 Å². The number of rotatable bonds is 5. The first-order chi connectivity index (χ1) is 12.2. The third kappa shape index (κ3) is 4.35. The van der Waals surface area contributed by atoms with E-state index in [1.807, 2.05) is 13.8 Å². The van der Waals surface area contributed by atoms with Gasteiger partial charge in [-0.05, 0) is 68.7 Å². The average Bonchev–Trinajstić information content (AvgIpc) is 2.60. The molecule has 0 radical (unpaired) electrons. The van der Waals surface area contributed by atoms with Gasteiger partial charge in [-0.25, -0.2) is 4.79 Å². The van der Waals surface area contributed by atoms with Crippen LogP contribution in [0, 0.1) is 20.8 Å². The molecule has 0 saturated carbocycles. The Labute approximate surface area is 158 Å². The van der Waals surface area contributed by atoms with Gasteiger partial charge >= 0.3 is 5.97 Å². The molecule has 2 rings (SSSR count). The van der Waals surface area contributed by atoms with E-state index in [9.17, 15) is 9.59 Å². The normalized spacial score (nSPS) is 11.6. The van der Waals surface area contributed by atoms with Crippen LogP contribution in [0.3, 0.4) is 0 Å². The Hall–Kier alpha value is -2.53. The summed E-state index contributed by atoms with van der Waals surface area (Å²) in [6.45, 7) is 7.18. The number of benzene rings is 2. The van der Waals surface area contributed by atoms with Crippen molar-refractivity contribution in [2.24, 2.45) is 0 Å². The van der Waals surface area contributed by atoms with Crippen molar-refractivity contribution in [1.82, 2.24) is 0 Å². The maximum absolute atomic E-state index is 12.5. The lowest BCUT2D eigenvalue weighted by Crippen LogP contribution is -2.30. The van der Waals surface area contributed by atoms with Crippen LogP contribution in [0.25, 0.3) is 0 Å². The van der Waals surface area contributed by atoms with Gasteiger partial charge in [0.15, 0.2) is 6.10 Å². The predicted molar refractivity (Wildman–Crippen MR) is 102 cm³/mol. The summed E-state index contributed by atoms with van der Waals surface area (Å²) in [4.78, 5) is 24.2. The molecule has 1 atom stereocenters. The summed E-state index contributed by atoms with van der Waals surface area (Å²) in [5, 5.41) is 3.48. The molecule has 2 aromatic carbocycles. The van der Waals surface area contributed by atoms with Gasteiger partial charge in [-0.15, -0.1) is 0 Å². The van der Waals surface area contributed by atoms with Crippen molar-refractivity contribution in [3.8, 4) is 5.75 Å². The van der Waals surface area contributed by atoms with Gasteiger partial charge in [0, 0.05) is 10.7 Å². The maximum Gasteiger partial charge on any atom is 0.338 e. The average molecular weight is 376 g/mol. The number of carbonyl (C=O) groups is 2. The van der Waals surface area contributed by atoms with Crippen LogP contribution in [-0.2, 0) is 9.53 Å². The highest BCUT2D eigenvalue weighted by Crippen LogP contribution is 2.27. The molecule has 0 bridgehead atoms.